The Balaban J connectivity index is 1.55. The van der Waals surface area contributed by atoms with E-state index in [1.165, 1.54) is 28.4 Å². The summed E-state index contributed by atoms with van der Waals surface area (Å²) in [5.74, 6) is -1.32. The van der Waals surface area contributed by atoms with E-state index in [-0.39, 0.29) is 17.0 Å². The van der Waals surface area contributed by atoms with Gasteiger partial charge in [0.15, 0.2) is 5.70 Å². The van der Waals surface area contributed by atoms with Crippen LogP contribution in [0.3, 0.4) is 0 Å². The minimum atomic E-state index is -1.10. The van der Waals surface area contributed by atoms with Gasteiger partial charge in [0.2, 0.25) is 5.91 Å². The molecule has 2 aliphatic heterocycles. The number of carboxylic acids is 1. The Labute approximate surface area is 159 Å². The van der Waals surface area contributed by atoms with E-state index < -0.39 is 18.0 Å². The molecule has 3 atom stereocenters. The Kier molecular flexibility index (Phi) is 4.46. The fourth-order valence-electron chi connectivity index (χ4n) is 3.33. The lowest BCUT2D eigenvalue weighted by atomic mass is 9.92. The Bertz CT molecular complexity index is 940. The van der Waals surface area contributed by atoms with E-state index in [0.29, 0.717) is 9.99 Å². The van der Waals surface area contributed by atoms with E-state index in [0.717, 1.165) is 16.3 Å². The zero-order chi connectivity index (χ0) is 18.4. The maximum Gasteiger partial charge on any atom is 0.354 e. The average Bonchev–Trinajstić information content (AvgIpc) is 2.94. The summed E-state index contributed by atoms with van der Waals surface area (Å²) in [7, 11) is 0. The van der Waals surface area contributed by atoms with Crippen LogP contribution in [0, 0.1) is 5.92 Å². The summed E-state index contributed by atoms with van der Waals surface area (Å²) in [6.07, 6.45) is -0.781. The number of aliphatic hydroxyl groups is 1. The number of carboxylic acid groups (broad SMARTS) is 1. The van der Waals surface area contributed by atoms with Crippen LogP contribution in [0.5, 0.6) is 0 Å². The predicted octanol–water partition coefficient (Wildman–Crippen LogP) is 3.24. The number of fused-ring (bicyclic) bond motifs is 2. The maximum atomic E-state index is 12.2. The van der Waals surface area contributed by atoms with Crippen LogP contribution in [0.2, 0.25) is 0 Å². The number of hydrogen-bond acceptors (Lipinski definition) is 5. The normalized spacial score (nSPS) is 23.2. The molecule has 2 aromatic carbocycles. The summed E-state index contributed by atoms with van der Waals surface area (Å²) in [6.45, 7) is 1.57. The number of carbonyl (C=O) groups excluding carboxylic acids is 1. The van der Waals surface area contributed by atoms with Crippen molar-refractivity contribution in [3.05, 3.63) is 58.0 Å². The van der Waals surface area contributed by atoms with Crippen molar-refractivity contribution in [2.75, 3.05) is 0 Å². The van der Waals surface area contributed by atoms with Crippen LogP contribution in [0.25, 0.3) is 10.8 Å². The number of thioether (sulfide) groups is 2. The topological polar surface area (TPSA) is 77.8 Å². The lowest BCUT2D eigenvalue weighted by molar-refractivity contribution is -0.156. The number of rotatable bonds is 5. The van der Waals surface area contributed by atoms with E-state index in [1.54, 1.807) is 6.92 Å². The Hall–Kier alpha value is -1.96. The van der Waals surface area contributed by atoms with Gasteiger partial charge in [-0.15, -0.1) is 11.8 Å². The summed E-state index contributed by atoms with van der Waals surface area (Å²) in [5.41, 5.74) is 1.15. The Morgan fingerprint density at radius 2 is 2.00 bits per heavy atom. The Morgan fingerprint density at radius 1 is 1.27 bits per heavy atom. The lowest BCUT2D eigenvalue weighted by Crippen LogP contribution is -2.60. The van der Waals surface area contributed by atoms with Crippen LogP contribution in [-0.4, -0.2) is 38.5 Å². The number of amides is 1. The zero-order valence-corrected chi connectivity index (χ0v) is 15.6. The van der Waals surface area contributed by atoms with Crippen molar-refractivity contribution in [3.8, 4) is 0 Å². The van der Waals surface area contributed by atoms with Crippen LogP contribution in [0.15, 0.2) is 52.4 Å². The number of benzene rings is 2. The molecule has 0 aliphatic carbocycles. The summed E-state index contributed by atoms with van der Waals surface area (Å²) in [5, 5.41) is 21.3. The molecule has 0 saturated carbocycles. The summed E-state index contributed by atoms with van der Waals surface area (Å²) in [4.78, 5) is 25.2. The second-order valence-corrected chi connectivity index (χ2v) is 8.77. The molecule has 1 saturated heterocycles. The van der Waals surface area contributed by atoms with Gasteiger partial charge in [0.05, 0.1) is 16.3 Å². The maximum absolute atomic E-state index is 12.2. The molecule has 4 rings (SSSR count). The SMILES string of the molecule is C[C@H](O)[C@@H]1C(=O)N2C(C(=O)O)=C(SCc3ccc4ccccc4c3)S[C@H]12. The third kappa shape index (κ3) is 2.80. The highest BCUT2D eigenvalue weighted by Crippen LogP contribution is 2.54. The number of aliphatic hydroxyl groups excluding tert-OH is 1. The van der Waals surface area contributed by atoms with Gasteiger partial charge in [-0.05, 0) is 23.3 Å². The van der Waals surface area contributed by atoms with Crippen molar-refractivity contribution < 1.29 is 19.8 Å². The van der Waals surface area contributed by atoms with Crippen molar-refractivity contribution in [1.82, 2.24) is 4.90 Å². The van der Waals surface area contributed by atoms with Gasteiger partial charge in [0, 0.05) is 5.75 Å². The van der Waals surface area contributed by atoms with Crippen LogP contribution < -0.4 is 0 Å². The van der Waals surface area contributed by atoms with Gasteiger partial charge < -0.3 is 10.2 Å². The molecular formula is C19H17NO4S2. The molecule has 0 radical (unpaired) electrons. The first-order chi connectivity index (χ1) is 12.5. The molecule has 1 fully saturated rings. The van der Waals surface area contributed by atoms with Crippen LogP contribution in [0.1, 0.15) is 12.5 Å². The first-order valence-electron chi connectivity index (χ1n) is 8.23. The second-order valence-electron chi connectivity index (χ2n) is 6.39. The molecule has 2 N–H and O–H groups in total. The highest BCUT2D eigenvalue weighted by molar-refractivity contribution is 8.22. The number of carbonyl (C=O) groups is 2. The molecule has 5 nitrogen and oxygen atoms in total. The van der Waals surface area contributed by atoms with Crippen molar-refractivity contribution in [3.63, 3.8) is 0 Å². The van der Waals surface area contributed by atoms with Gasteiger partial charge in [0.1, 0.15) is 5.37 Å². The van der Waals surface area contributed by atoms with E-state index in [4.69, 9.17) is 0 Å². The van der Waals surface area contributed by atoms with Crippen molar-refractivity contribution in [2.45, 2.75) is 24.2 Å². The molecule has 0 bridgehead atoms. The summed E-state index contributed by atoms with van der Waals surface area (Å²) >= 11 is 2.80. The number of nitrogens with zero attached hydrogens (tertiary/aromatic N) is 1. The minimum absolute atomic E-state index is 0.0488. The summed E-state index contributed by atoms with van der Waals surface area (Å²) < 4.78 is 0.632. The zero-order valence-electron chi connectivity index (χ0n) is 14.0. The molecule has 0 unspecified atom stereocenters. The molecule has 2 aromatic rings. The van der Waals surface area contributed by atoms with E-state index in [2.05, 4.69) is 18.2 Å². The fourth-order valence-corrected chi connectivity index (χ4v) is 6.19. The monoisotopic (exact) mass is 387 g/mol. The first kappa shape index (κ1) is 17.5. The predicted molar refractivity (Wildman–Crippen MR) is 103 cm³/mol. The minimum Gasteiger partial charge on any atom is -0.477 e. The van der Waals surface area contributed by atoms with Gasteiger partial charge >= 0.3 is 5.97 Å². The molecule has 1 amide bonds. The number of β-lactam (4-membered cyclic amide) rings is 1. The largest absolute Gasteiger partial charge is 0.477 e. The first-order valence-corrected chi connectivity index (χ1v) is 10.1. The quantitative estimate of drug-likeness (QED) is 0.767. The van der Waals surface area contributed by atoms with Gasteiger partial charge in [-0.25, -0.2) is 4.79 Å². The fraction of sp³-hybridized carbons (Fsp3) is 0.263. The average molecular weight is 387 g/mol. The number of hydrogen-bond donors (Lipinski definition) is 2. The van der Waals surface area contributed by atoms with Crippen molar-refractivity contribution in [2.24, 2.45) is 5.92 Å². The molecule has 2 heterocycles. The third-order valence-corrected chi connectivity index (χ3v) is 7.38. The molecule has 134 valence electrons. The highest BCUT2D eigenvalue weighted by Gasteiger charge is 2.57. The number of aliphatic carboxylic acids is 1. The van der Waals surface area contributed by atoms with Crippen molar-refractivity contribution >= 4 is 46.2 Å². The van der Waals surface area contributed by atoms with Gasteiger partial charge in [-0.3, -0.25) is 9.69 Å². The lowest BCUT2D eigenvalue weighted by Gasteiger charge is -2.43. The van der Waals surface area contributed by atoms with Gasteiger partial charge in [-0.2, -0.15) is 0 Å². The molecule has 0 aromatic heterocycles. The standard InChI is InChI=1S/C19H17NO4S2/c1-10(21)14-16(22)20-15(18(23)24)19(26-17(14)20)25-9-11-6-7-12-4-2-3-5-13(12)8-11/h2-8,10,14,17,21H,9H2,1H3,(H,23,24)/t10-,14+,17+/m0/s1. The molecule has 2 aliphatic rings. The van der Waals surface area contributed by atoms with E-state index in [1.807, 2.05) is 24.3 Å². The smallest absolute Gasteiger partial charge is 0.354 e. The van der Waals surface area contributed by atoms with E-state index >= 15 is 0 Å². The molecular weight excluding hydrogens is 370 g/mol. The van der Waals surface area contributed by atoms with Gasteiger partial charge in [0.25, 0.3) is 0 Å². The Morgan fingerprint density at radius 3 is 2.69 bits per heavy atom. The van der Waals surface area contributed by atoms with E-state index in [9.17, 15) is 19.8 Å². The van der Waals surface area contributed by atoms with Gasteiger partial charge in [-0.1, -0.05) is 54.2 Å². The van der Waals surface area contributed by atoms with Crippen LogP contribution in [0.4, 0.5) is 0 Å². The highest BCUT2D eigenvalue weighted by atomic mass is 32.2. The van der Waals surface area contributed by atoms with Crippen LogP contribution >= 0.6 is 23.5 Å². The molecule has 26 heavy (non-hydrogen) atoms. The van der Waals surface area contributed by atoms with Crippen LogP contribution in [-0.2, 0) is 15.3 Å². The second kappa shape index (κ2) is 6.64. The third-order valence-electron chi connectivity index (χ3n) is 4.65. The van der Waals surface area contributed by atoms with Crippen molar-refractivity contribution in [1.29, 1.82) is 0 Å². The molecule has 7 heteroatoms. The molecule has 0 spiro atoms. The summed E-state index contributed by atoms with van der Waals surface area (Å²) in [6, 6.07) is 14.3.